The standard InChI is InChI=1S/C29H37O3P/c1-6-8-10-25-20-23(4)14-18-28(25)31-33(30-27-16-12-22(3)13-17-27)32-29-19-15-24(5)21-26(29)11-9-7-2/h12-21H,6-11H2,1-5H3. The van der Waals surface area contributed by atoms with Gasteiger partial charge in [-0.05, 0) is 81.8 Å². The Kier molecular flexibility index (Phi) is 9.63. The van der Waals surface area contributed by atoms with Crippen molar-refractivity contribution in [3.05, 3.63) is 88.5 Å². The average Bonchev–Trinajstić information content (AvgIpc) is 2.80. The zero-order valence-corrected chi connectivity index (χ0v) is 21.6. The lowest BCUT2D eigenvalue weighted by molar-refractivity contribution is 0.384. The van der Waals surface area contributed by atoms with E-state index in [0.29, 0.717) is 0 Å². The SMILES string of the molecule is CCCCc1cc(C)ccc1OP(Oc1ccc(C)cc1)Oc1ccc(C)cc1CCCC. The van der Waals surface area contributed by atoms with Gasteiger partial charge in [0.1, 0.15) is 17.2 Å². The molecule has 3 aromatic rings. The summed E-state index contributed by atoms with van der Waals surface area (Å²) in [5, 5.41) is 0. The van der Waals surface area contributed by atoms with Crippen LogP contribution in [0.15, 0.2) is 60.7 Å². The molecule has 3 nitrogen and oxygen atoms in total. The molecule has 0 spiro atoms. The second-order valence-electron chi connectivity index (χ2n) is 8.74. The third-order valence-electron chi connectivity index (χ3n) is 5.58. The fourth-order valence-electron chi connectivity index (χ4n) is 3.62. The average molecular weight is 465 g/mol. The highest BCUT2D eigenvalue weighted by Gasteiger charge is 2.23. The summed E-state index contributed by atoms with van der Waals surface area (Å²) in [5.74, 6) is 2.43. The summed E-state index contributed by atoms with van der Waals surface area (Å²) >= 11 is 0. The highest BCUT2D eigenvalue weighted by molar-refractivity contribution is 7.43. The van der Waals surface area contributed by atoms with Gasteiger partial charge in [-0.3, -0.25) is 0 Å². The molecular formula is C29H37O3P. The highest BCUT2D eigenvalue weighted by atomic mass is 31.2. The third-order valence-corrected chi connectivity index (χ3v) is 6.63. The number of rotatable bonds is 12. The lowest BCUT2D eigenvalue weighted by Crippen LogP contribution is -2.05. The van der Waals surface area contributed by atoms with E-state index in [0.717, 1.165) is 55.8 Å². The zero-order valence-electron chi connectivity index (χ0n) is 20.7. The van der Waals surface area contributed by atoms with Gasteiger partial charge in [-0.2, -0.15) is 0 Å². The minimum absolute atomic E-state index is 0.746. The molecule has 3 aromatic carbocycles. The van der Waals surface area contributed by atoms with Crippen molar-refractivity contribution in [2.75, 3.05) is 0 Å². The Bertz CT molecular complexity index is 954. The molecule has 0 N–H and O–H groups in total. The van der Waals surface area contributed by atoms with Crippen LogP contribution < -0.4 is 13.6 Å². The quantitative estimate of drug-likeness (QED) is 0.250. The summed E-state index contributed by atoms with van der Waals surface area (Å²) in [4.78, 5) is 0. The van der Waals surface area contributed by atoms with Crippen LogP contribution in [-0.4, -0.2) is 0 Å². The van der Waals surface area contributed by atoms with Crippen molar-refractivity contribution in [1.29, 1.82) is 0 Å². The van der Waals surface area contributed by atoms with Crippen LogP contribution in [0.25, 0.3) is 0 Å². The van der Waals surface area contributed by atoms with E-state index in [9.17, 15) is 0 Å². The number of hydrogen-bond acceptors (Lipinski definition) is 3. The van der Waals surface area contributed by atoms with Crippen LogP contribution in [0.4, 0.5) is 0 Å². The van der Waals surface area contributed by atoms with Crippen molar-refractivity contribution in [2.24, 2.45) is 0 Å². The van der Waals surface area contributed by atoms with Crippen LogP contribution in [0.3, 0.4) is 0 Å². The van der Waals surface area contributed by atoms with E-state index in [1.165, 1.54) is 27.8 Å². The first-order chi connectivity index (χ1) is 16.0. The third kappa shape index (κ3) is 7.79. The highest BCUT2D eigenvalue weighted by Crippen LogP contribution is 2.44. The van der Waals surface area contributed by atoms with E-state index < -0.39 is 8.60 Å². The van der Waals surface area contributed by atoms with E-state index in [1.54, 1.807) is 0 Å². The van der Waals surface area contributed by atoms with Crippen molar-refractivity contribution in [1.82, 2.24) is 0 Å². The van der Waals surface area contributed by atoms with E-state index in [-0.39, 0.29) is 0 Å². The number of aryl methyl sites for hydroxylation is 5. The van der Waals surface area contributed by atoms with Gasteiger partial charge in [0.25, 0.3) is 0 Å². The molecule has 176 valence electrons. The molecular weight excluding hydrogens is 427 g/mol. The van der Waals surface area contributed by atoms with Crippen molar-refractivity contribution < 1.29 is 13.6 Å². The molecule has 0 aromatic heterocycles. The van der Waals surface area contributed by atoms with Gasteiger partial charge < -0.3 is 13.6 Å². The van der Waals surface area contributed by atoms with Gasteiger partial charge in [0, 0.05) is 0 Å². The topological polar surface area (TPSA) is 27.7 Å². The summed E-state index contributed by atoms with van der Waals surface area (Å²) in [7, 11) is -1.68. The zero-order chi connectivity index (χ0) is 23.6. The largest absolute Gasteiger partial charge is 0.530 e. The Morgan fingerprint density at radius 1 is 0.576 bits per heavy atom. The van der Waals surface area contributed by atoms with Gasteiger partial charge in [0.15, 0.2) is 0 Å². The lowest BCUT2D eigenvalue weighted by Gasteiger charge is -2.21. The summed E-state index contributed by atoms with van der Waals surface area (Å²) in [5.41, 5.74) is 6.07. The van der Waals surface area contributed by atoms with Gasteiger partial charge in [0.05, 0.1) is 0 Å². The van der Waals surface area contributed by atoms with Crippen LogP contribution >= 0.6 is 8.60 Å². The summed E-state index contributed by atoms with van der Waals surface area (Å²) in [6.45, 7) is 10.7. The molecule has 33 heavy (non-hydrogen) atoms. The number of benzene rings is 3. The Morgan fingerprint density at radius 2 is 1.03 bits per heavy atom. The van der Waals surface area contributed by atoms with E-state index in [1.807, 2.05) is 36.4 Å². The Labute approximate surface area is 201 Å². The van der Waals surface area contributed by atoms with Crippen LogP contribution in [0.1, 0.15) is 67.3 Å². The van der Waals surface area contributed by atoms with Crippen molar-refractivity contribution >= 4 is 8.60 Å². The molecule has 0 bridgehead atoms. The predicted molar refractivity (Wildman–Crippen MR) is 140 cm³/mol. The lowest BCUT2D eigenvalue weighted by atomic mass is 10.1. The maximum Gasteiger partial charge on any atom is 0.530 e. The van der Waals surface area contributed by atoms with Gasteiger partial charge >= 0.3 is 8.60 Å². The van der Waals surface area contributed by atoms with Gasteiger partial charge in [-0.25, -0.2) is 0 Å². The van der Waals surface area contributed by atoms with Gasteiger partial charge in [0.2, 0.25) is 0 Å². The molecule has 4 heteroatoms. The van der Waals surface area contributed by atoms with E-state index >= 15 is 0 Å². The molecule has 0 saturated heterocycles. The van der Waals surface area contributed by atoms with E-state index in [2.05, 4.69) is 58.9 Å². The Hall–Kier alpha value is -2.51. The molecule has 0 aliphatic rings. The molecule has 0 aliphatic carbocycles. The van der Waals surface area contributed by atoms with Crippen LogP contribution in [0, 0.1) is 20.8 Å². The first kappa shape index (κ1) is 25.1. The van der Waals surface area contributed by atoms with E-state index in [4.69, 9.17) is 13.6 Å². The molecule has 0 saturated carbocycles. The van der Waals surface area contributed by atoms with Crippen LogP contribution in [0.2, 0.25) is 0 Å². The maximum atomic E-state index is 6.45. The molecule has 0 unspecified atom stereocenters. The van der Waals surface area contributed by atoms with Gasteiger partial charge in [-0.1, -0.05) is 79.8 Å². The minimum atomic E-state index is -1.68. The van der Waals surface area contributed by atoms with Crippen LogP contribution in [-0.2, 0) is 12.8 Å². The Balaban J connectivity index is 1.90. The van der Waals surface area contributed by atoms with Crippen molar-refractivity contribution in [3.8, 4) is 17.2 Å². The maximum absolute atomic E-state index is 6.45. The predicted octanol–water partition coefficient (Wildman–Crippen LogP) is 9.06. The molecule has 0 amide bonds. The van der Waals surface area contributed by atoms with Gasteiger partial charge in [-0.15, -0.1) is 0 Å². The second-order valence-corrected chi connectivity index (χ2v) is 9.73. The number of unbranched alkanes of at least 4 members (excludes halogenated alkanes) is 2. The molecule has 3 rings (SSSR count). The Morgan fingerprint density at radius 3 is 1.48 bits per heavy atom. The smallest absolute Gasteiger partial charge is 0.409 e. The monoisotopic (exact) mass is 464 g/mol. The molecule has 0 atom stereocenters. The summed E-state index contributed by atoms with van der Waals surface area (Å²) in [6, 6.07) is 20.7. The summed E-state index contributed by atoms with van der Waals surface area (Å²) in [6.07, 6.45) is 6.49. The fourth-order valence-corrected chi connectivity index (χ4v) is 4.70. The summed E-state index contributed by atoms with van der Waals surface area (Å²) < 4.78 is 19.2. The molecule has 0 radical (unpaired) electrons. The first-order valence-electron chi connectivity index (χ1n) is 12.1. The molecule has 0 aliphatic heterocycles. The van der Waals surface area contributed by atoms with Crippen molar-refractivity contribution in [2.45, 2.75) is 73.1 Å². The second kappa shape index (κ2) is 12.7. The normalized spacial score (nSPS) is 11.0. The number of hydrogen-bond donors (Lipinski definition) is 0. The first-order valence-corrected chi connectivity index (χ1v) is 13.2. The van der Waals surface area contributed by atoms with Crippen molar-refractivity contribution in [3.63, 3.8) is 0 Å². The minimum Gasteiger partial charge on any atom is -0.409 e. The van der Waals surface area contributed by atoms with Crippen LogP contribution in [0.5, 0.6) is 17.2 Å². The molecule has 0 fully saturated rings. The fraction of sp³-hybridized carbons (Fsp3) is 0.379. The molecule has 0 heterocycles.